The van der Waals surface area contributed by atoms with Crippen LogP contribution in [0.1, 0.15) is 0 Å². The van der Waals surface area contributed by atoms with E-state index in [-0.39, 0.29) is 18.1 Å². The number of rotatable bonds is 6. The van der Waals surface area contributed by atoms with Crippen LogP contribution in [0.4, 0.5) is 17.1 Å². The fourth-order valence-corrected chi connectivity index (χ4v) is 2.20. The van der Waals surface area contributed by atoms with Crippen molar-refractivity contribution in [2.24, 2.45) is 0 Å². The van der Waals surface area contributed by atoms with Gasteiger partial charge < -0.3 is 15.4 Å². The molecular formula is C15H14BrN3O4. The molecule has 0 spiro atoms. The van der Waals surface area contributed by atoms with Crippen molar-refractivity contribution in [1.29, 1.82) is 0 Å². The molecule has 0 atom stereocenters. The number of halogens is 1. The number of nitrogens with zero attached hydrogens (tertiary/aromatic N) is 1. The van der Waals surface area contributed by atoms with E-state index in [1.807, 2.05) is 6.07 Å². The number of anilines is 2. The van der Waals surface area contributed by atoms with E-state index >= 15 is 0 Å². The molecule has 7 nitrogen and oxygen atoms in total. The number of carbonyl (C=O) groups is 1. The van der Waals surface area contributed by atoms with Gasteiger partial charge in [0.15, 0.2) is 0 Å². The number of ether oxygens (including phenoxy) is 1. The average Bonchev–Trinajstić information content (AvgIpc) is 2.54. The first-order chi connectivity index (χ1) is 11.0. The van der Waals surface area contributed by atoms with E-state index in [0.717, 1.165) is 10.2 Å². The molecule has 0 aliphatic heterocycles. The molecule has 2 rings (SSSR count). The molecule has 0 aliphatic rings. The molecule has 2 aromatic carbocycles. The molecule has 2 aromatic rings. The van der Waals surface area contributed by atoms with Crippen LogP contribution in [-0.4, -0.2) is 24.5 Å². The minimum atomic E-state index is -0.493. The highest BCUT2D eigenvalue weighted by atomic mass is 79.9. The highest BCUT2D eigenvalue weighted by Crippen LogP contribution is 2.26. The number of nitro groups is 1. The van der Waals surface area contributed by atoms with Crippen molar-refractivity contribution in [3.05, 3.63) is 57.1 Å². The SMILES string of the molecule is COc1ccc(Br)c(NCC(=O)Nc2ccc([N+](=O)[O-])cc2)c1. The molecule has 0 aromatic heterocycles. The number of nitrogens with one attached hydrogen (secondary N) is 2. The van der Waals surface area contributed by atoms with Crippen LogP contribution in [0.2, 0.25) is 0 Å². The highest BCUT2D eigenvalue weighted by molar-refractivity contribution is 9.10. The maximum Gasteiger partial charge on any atom is 0.269 e. The summed E-state index contributed by atoms with van der Waals surface area (Å²) in [6, 6.07) is 11.0. The number of non-ortho nitro benzene ring substituents is 1. The summed E-state index contributed by atoms with van der Waals surface area (Å²) < 4.78 is 5.93. The second-order valence-electron chi connectivity index (χ2n) is 4.55. The van der Waals surface area contributed by atoms with Crippen molar-refractivity contribution in [1.82, 2.24) is 0 Å². The van der Waals surface area contributed by atoms with Crippen molar-refractivity contribution in [3.8, 4) is 5.75 Å². The Bertz CT molecular complexity index is 719. The number of nitro benzene ring substituents is 1. The molecule has 120 valence electrons. The number of benzene rings is 2. The molecule has 0 radical (unpaired) electrons. The Morgan fingerprint density at radius 1 is 1.26 bits per heavy atom. The second kappa shape index (κ2) is 7.59. The van der Waals surface area contributed by atoms with Crippen LogP contribution in [0.3, 0.4) is 0 Å². The highest BCUT2D eigenvalue weighted by Gasteiger charge is 2.08. The van der Waals surface area contributed by atoms with E-state index in [1.165, 1.54) is 24.3 Å². The Hall–Kier alpha value is -2.61. The second-order valence-corrected chi connectivity index (χ2v) is 5.41. The van der Waals surface area contributed by atoms with Gasteiger partial charge in [-0.3, -0.25) is 14.9 Å². The normalized spacial score (nSPS) is 10.0. The Labute approximate surface area is 140 Å². The van der Waals surface area contributed by atoms with E-state index in [2.05, 4.69) is 26.6 Å². The number of hydrogen-bond acceptors (Lipinski definition) is 5. The van der Waals surface area contributed by atoms with Gasteiger partial charge in [-0.15, -0.1) is 0 Å². The minimum absolute atomic E-state index is 0.0264. The summed E-state index contributed by atoms with van der Waals surface area (Å²) in [5.41, 5.74) is 1.19. The van der Waals surface area contributed by atoms with Gasteiger partial charge in [0.25, 0.3) is 5.69 Å². The van der Waals surface area contributed by atoms with Crippen LogP contribution in [-0.2, 0) is 4.79 Å². The van der Waals surface area contributed by atoms with Crippen LogP contribution in [0, 0.1) is 10.1 Å². The lowest BCUT2D eigenvalue weighted by molar-refractivity contribution is -0.384. The lowest BCUT2D eigenvalue weighted by atomic mass is 10.3. The van der Waals surface area contributed by atoms with Crippen molar-refractivity contribution in [2.45, 2.75) is 0 Å². The predicted octanol–water partition coefficient (Wildman–Crippen LogP) is 3.42. The molecule has 0 unspecified atom stereocenters. The minimum Gasteiger partial charge on any atom is -0.497 e. The van der Waals surface area contributed by atoms with Gasteiger partial charge >= 0.3 is 0 Å². The number of carbonyl (C=O) groups excluding carboxylic acids is 1. The zero-order valence-electron chi connectivity index (χ0n) is 12.2. The molecule has 0 heterocycles. The van der Waals surface area contributed by atoms with E-state index in [4.69, 9.17) is 4.74 Å². The van der Waals surface area contributed by atoms with Gasteiger partial charge in [0.05, 0.1) is 24.3 Å². The third-order valence-electron chi connectivity index (χ3n) is 2.97. The molecule has 0 saturated heterocycles. The summed E-state index contributed by atoms with van der Waals surface area (Å²) in [6.45, 7) is 0.0444. The van der Waals surface area contributed by atoms with E-state index < -0.39 is 4.92 Å². The smallest absolute Gasteiger partial charge is 0.269 e. The van der Waals surface area contributed by atoms with Crippen LogP contribution in [0.15, 0.2) is 46.9 Å². The lowest BCUT2D eigenvalue weighted by Crippen LogP contribution is -2.21. The number of hydrogen-bond donors (Lipinski definition) is 2. The maximum atomic E-state index is 11.9. The average molecular weight is 380 g/mol. The molecule has 8 heteroatoms. The molecule has 23 heavy (non-hydrogen) atoms. The summed E-state index contributed by atoms with van der Waals surface area (Å²) in [4.78, 5) is 22.0. The Kier molecular flexibility index (Phi) is 5.53. The zero-order chi connectivity index (χ0) is 16.8. The predicted molar refractivity (Wildman–Crippen MR) is 90.9 cm³/mol. The van der Waals surface area contributed by atoms with E-state index in [0.29, 0.717) is 11.4 Å². The third-order valence-corrected chi connectivity index (χ3v) is 3.67. The fraction of sp³-hybridized carbons (Fsp3) is 0.133. The number of amides is 1. The Morgan fingerprint density at radius 3 is 2.57 bits per heavy atom. The van der Waals surface area contributed by atoms with Crippen molar-refractivity contribution < 1.29 is 14.5 Å². The van der Waals surface area contributed by atoms with Crippen LogP contribution in [0.25, 0.3) is 0 Å². The Morgan fingerprint density at radius 2 is 1.96 bits per heavy atom. The van der Waals surface area contributed by atoms with Gasteiger partial charge in [0, 0.05) is 28.4 Å². The molecule has 0 bridgehead atoms. The van der Waals surface area contributed by atoms with Crippen LogP contribution in [0.5, 0.6) is 5.75 Å². The molecule has 1 amide bonds. The summed E-state index contributed by atoms with van der Waals surface area (Å²) in [7, 11) is 1.56. The summed E-state index contributed by atoms with van der Waals surface area (Å²) >= 11 is 3.38. The van der Waals surface area contributed by atoms with Gasteiger partial charge in [0.1, 0.15) is 5.75 Å². The summed E-state index contributed by atoms with van der Waals surface area (Å²) in [5.74, 6) is 0.403. The largest absolute Gasteiger partial charge is 0.497 e. The standard InChI is InChI=1S/C15H14BrN3O4/c1-23-12-6-7-13(16)14(8-12)17-9-15(20)18-10-2-4-11(5-3-10)19(21)22/h2-8,17H,9H2,1H3,(H,18,20). The molecule has 0 fully saturated rings. The van der Waals surface area contributed by atoms with Crippen LogP contribution < -0.4 is 15.4 Å². The van der Waals surface area contributed by atoms with Crippen molar-refractivity contribution in [3.63, 3.8) is 0 Å². The fourth-order valence-electron chi connectivity index (χ4n) is 1.81. The lowest BCUT2D eigenvalue weighted by Gasteiger charge is -2.10. The Balaban J connectivity index is 1.93. The van der Waals surface area contributed by atoms with E-state index in [1.54, 1.807) is 19.2 Å². The van der Waals surface area contributed by atoms with E-state index in [9.17, 15) is 14.9 Å². The van der Waals surface area contributed by atoms with Gasteiger partial charge in [-0.05, 0) is 40.2 Å². The molecule has 2 N–H and O–H groups in total. The van der Waals surface area contributed by atoms with Crippen molar-refractivity contribution >= 4 is 38.9 Å². The molecule has 0 aliphatic carbocycles. The molecular weight excluding hydrogens is 366 g/mol. The first kappa shape index (κ1) is 16.8. The van der Waals surface area contributed by atoms with Crippen LogP contribution >= 0.6 is 15.9 Å². The first-order valence-corrected chi connectivity index (χ1v) is 7.40. The van der Waals surface area contributed by atoms with Gasteiger partial charge in [-0.1, -0.05) is 0 Å². The van der Waals surface area contributed by atoms with Gasteiger partial charge in [0.2, 0.25) is 5.91 Å². The topological polar surface area (TPSA) is 93.5 Å². The van der Waals surface area contributed by atoms with Crippen molar-refractivity contribution in [2.75, 3.05) is 24.3 Å². The first-order valence-electron chi connectivity index (χ1n) is 6.61. The summed E-state index contributed by atoms with van der Waals surface area (Å²) in [6.07, 6.45) is 0. The maximum absolute atomic E-state index is 11.9. The molecule has 0 saturated carbocycles. The summed E-state index contributed by atoms with van der Waals surface area (Å²) in [5, 5.41) is 16.2. The quantitative estimate of drug-likeness (QED) is 0.592. The zero-order valence-corrected chi connectivity index (χ0v) is 13.8. The monoisotopic (exact) mass is 379 g/mol. The van der Waals surface area contributed by atoms with Gasteiger partial charge in [-0.25, -0.2) is 0 Å². The number of methoxy groups -OCH3 is 1. The third kappa shape index (κ3) is 4.68. The van der Waals surface area contributed by atoms with Gasteiger partial charge in [-0.2, -0.15) is 0 Å².